The maximum atomic E-state index is 10.2. The van der Waals surface area contributed by atoms with Gasteiger partial charge >= 0.3 is 5.97 Å². The van der Waals surface area contributed by atoms with Crippen molar-refractivity contribution in [3.63, 3.8) is 0 Å². The van der Waals surface area contributed by atoms with E-state index in [1.54, 1.807) is 30.3 Å². The lowest BCUT2D eigenvalue weighted by atomic mass is 10.2. The number of rotatable bonds is 1. The van der Waals surface area contributed by atoms with Crippen molar-refractivity contribution >= 4 is 5.97 Å². The molecule has 1 N–H and O–H groups in total. The Hall–Kier alpha value is -2.87. The normalized spacial score (nSPS) is 7.93. The van der Waals surface area contributed by atoms with Crippen LogP contribution in [0.1, 0.15) is 49.2 Å². The van der Waals surface area contributed by atoms with Gasteiger partial charge in [-0.2, -0.15) is 0 Å². The van der Waals surface area contributed by atoms with E-state index in [1.807, 2.05) is 64.1 Å². The summed E-state index contributed by atoms with van der Waals surface area (Å²) in [5.74, 6) is -0.879. The second kappa shape index (κ2) is 19.5. The second-order valence-corrected chi connectivity index (χ2v) is 4.98. The zero-order chi connectivity index (χ0) is 20.9. The monoisotopic (exact) mass is 366 g/mol. The summed E-state index contributed by atoms with van der Waals surface area (Å²) in [6.45, 7) is 12.2. The van der Waals surface area contributed by atoms with Gasteiger partial charge in [0, 0.05) is 0 Å². The fourth-order valence-electron chi connectivity index (χ4n) is 1.65. The van der Waals surface area contributed by atoms with Gasteiger partial charge < -0.3 is 5.11 Å². The predicted octanol–water partition coefficient (Wildman–Crippen LogP) is 7.43. The quantitative estimate of drug-likeness (QED) is 0.486. The zero-order valence-corrected chi connectivity index (χ0v) is 17.5. The zero-order valence-electron chi connectivity index (χ0n) is 17.5. The molecule has 0 fully saturated rings. The molecular weight excluding hydrogens is 332 g/mol. The molecule has 3 rings (SSSR count). The van der Waals surface area contributed by atoms with E-state index in [0.29, 0.717) is 5.56 Å². The van der Waals surface area contributed by atoms with E-state index in [9.17, 15) is 4.79 Å². The molecule has 0 aliphatic carbocycles. The highest BCUT2D eigenvalue weighted by Crippen LogP contribution is 1.96. The molecule has 0 saturated carbocycles. The highest BCUT2D eigenvalue weighted by Gasteiger charge is 1.96. The number of aromatic carboxylic acids is 1. The molecule has 3 aromatic carbocycles. The average Bonchev–Trinajstić information content (AvgIpc) is 2.74. The van der Waals surface area contributed by atoms with Crippen molar-refractivity contribution in [3.8, 4) is 0 Å². The third-order valence-corrected chi connectivity index (χ3v) is 2.90. The van der Waals surface area contributed by atoms with Crippen LogP contribution in [0.15, 0.2) is 91.0 Å². The predicted molar refractivity (Wildman–Crippen MR) is 118 cm³/mol. The molecule has 146 valence electrons. The summed E-state index contributed by atoms with van der Waals surface area (Å²) in [7, 11) is 0. The first-order valence-corrected chi connectivity index (χ1v) is 9.41. The van der Waals surface area contributed by atoms with E-state index in [-0.39, 0.29) is 0 Å². The third kappa shape index (κ3) is 16.4. The van der Waals surface area contributed by atoms with E-state index in [1.165, 1.54) is 11.1 Å². The van der Waals surface area contributed by atoms with E-state index in [0.717, 1.165) is 0 Å². The van der Waals surface area contributed by atoms with E-state index in [4.69, 9.17) is 5.11 Å². The minimum atomic E-state index is -0.879. The Kier molecular flexibility index (Phi) is 19.0. The van der Waals surface area contributed by atoms with Gasteiger partial charge in [0.05, 0.1) is 5.56 Å². The van der Waals surface area contributed by atoms with Crippen molar-refractivity contribution in [1.29, 1.82) is 0 Å². The SMILES string of the molecule is CC.CC.Cc1ccccc1.Cc1ccccc1.O=C(O)c1ccccc1. The molecule has 0 aliphatic heterocycles. The Morgan fingerprint density at radius 1 is 0.556 bits per heavy atom. The van der Waals surface area contributed by atoms with Crippen molar-refractivity contribution in [2.24, 2.45) is 0 Å². The number of hydrogen-bond acceptors (Lipinski definition) is 1. The van der Waals surface area contributed by atoms with Crippen molar-refractivity contribution in [1.82, 2.24) is 0 Å². The lowest BCUT2D eigenvalue weighted by Gasteiger charge is -1.88. The summed E-state index contributed by atoms with van der Waals surface area (Å²) < 4.78 is 0. The van der Waals surface area contributed by atoms with Gasteiger partial charge in [-0.3, -0.25) is 0 Å². The third-order valence-electron chi connectivity index (χ3n) is 2.90. The highest BCUT2D eigenvalue weighted by molar-refractivity contribution is 5.87. The Balaban J connectivity index is 0. The smallest absolute Gasteiger partial charge is 0.335 e. The van der Waals surface area contributed by atoms with Crippen LogP contribution < -0.4 is 0 Å². The standard InChI is InChI=1S/C7H6O2.2C7H8.2C2H6/c8-7(9)6-4-2-1-3-5-6;2*1-7-5-3-2-4-6-7;2*1-2/h1-5H,(H,8,9);2*2-6H,1H3;2*1-2H3. The molecule has 2 heteroatoms. The second-order valence-electron chi connectivity index (χ2n) is 4.98. The van der Waals surface area contributed by atoms with Gasteiger partial charge in [-0.15, -0.1) is 0 Å². The molecule has 0 bridgehead atoms. The molecule has 0 heterocycles. The van der Waals surface area contributed by atoms with Crippen LogP contribution in [0.5, 0.6) is 0 Å². The molecular formula is C25H34O2. The van der Waals surface area contributed by atoms with Gasteiger partial charge in [0.1, 0.15) is 0 Å². The molecule has 0 amide bonds. The number of benzene rings is 3. The van der Waals surface area contributed by atoms with E-state index >= 15 is 0 Å². The van der Waals surface area contributed by atoms with Crippen LogP contribution in [0.2, 0.25) is 0 Å². The van der Waals surface area contributed by atoms with Crippen LogP contribution in [0, 0.1) is 13.8 Å². The number of carboxylic acid groups (broad SMARTS) is 1. The van der Waals surface area contributed by atoms with Crippen molar-refractivity contribution in [2.75, 3.05) is 0 Å². The number of hydrogen-bond donors (Lipinski definition) is 1. The Labute approximate surface area is 165 Å². The molecule has 0 saturated heterocycles. The fourth-order valence-corrected chi connectivity index (χ4v) is 1.65. The van der Waals surface area contributed by atoms with Crippen LogP contribution in [0.4, 0.5) is 0 Å². The summed E-state index contributed by atoms with van der Waals surface area (Å²) in [5, 5.41) is 8.38. The molecule has 0 spiro atoms. The largest absolute Gasteiger partial charge is 0.478 e. The minimum Gasteiger partial charge on any atom is -0.478 e. The first-order valence-electron chi connectivity index (χ1n) is 9.41. The van der Waals surface area contributed by atoms with Gasteiger partial charge in [0.2, 0.25) is 0 Å². The lowest BCUT2D eigenvalue weighted by Crippen LogP contribution is -1.93. The van der Waals surface area contributed by atoms with Crippen LogP contribution in [0.3, 0.4) is 0 Å². The number of carbonyl (C=O) groups is 1. The van der Waals surface area contributed by atoms with Crippen LogP contribution in [-0.4, -0.2) is 11.1 Å². The van der Waals surface area contributed by atoms with Gasteiger partial charge in [0.25, 0.3) is 0 Å². The Morgan fingerprint density at radius 2 is 0.815 bits per heavy atom. The summed E-state index contributed by atoms with van der Waals surface area (Å²) in [6.07, 6.45) is 0. The van der Waals surface area contributed by atoms with Crippen molar-refractivity contribution in [3.05, 3.63) is 108 Å². The first-order chi connectivity index (χ1) is 13.1. The molecule has 27 heavy (non-hydrogen) atoms. The van der Waals surface area contributed by atoms with Gasteiger partial charge in [0.15, 0.2) is 0 Å². The maximum Gasteiger partial charge on any atom is 0.335 e. The molecule has 0 aromatic heterocycles. The summed E-state index contributed by atoms with van der Waals surface area (Å²) in [4.78, 5) is 10.2. The Morgan fingerprint density at radius 3 is 0.963 bits per heavy atom. The molecule has 2 nitrogen and oxygen atoms in total. The van der Waals surface area contributed by atoms with E-state index in [2.05, 4.69) is 38.1 Å². The number of aryl methyl sites for hydroxylation is 2. The molecule has 0 radical (unpaired) electrons. The van der Waals surface area contributed by atoms with Crippen LogP contribution in [-0.2, 0) is 0 Å². The average molecular weight is 367 g/mol. The number of carboxylic acids is 1. The summed E-state index contributed by atoms with van der Waals surface area (Å²) in [5.41, 5.74) is 2.97. The summed E-state index contributed by atoms with van der Waals surface area (Å²) >= 11 is 0. The van der Waals surface area contributed by atoms with Crippen LogP contribution >= 0.6 is 0 Å². The topological polar surface area (TPSA) is 37.3 Å². The maximum absolute atomic E-state index is 10.2. The molecule has 0 unspecified atom stereocenters. The molecule has 0 atom stereocenters. The van der Waals surface area contributed by atoms with Crippen LogP contribution in [0.25, 0.3) is 0 Å². The Bertz CT molecular complexity index is 625. The van der Waals surface area contributed by atoms with Gasteiger partial charge in [-0.1, -0.05) is 118 Å². The minimum absolute atomic E-state index is 0.331. The van der Waals surface area contributed by atoms with Gasteiger partial charge in [-0.05, 0) is 26.0 Å². The molecule has 0 aliphatic rings. The first kappa shape index (κ1) is 26.4. The van der Waals surface area contributed by atoms with Crippen molar-refractivity contribution < 1.29 is 9.90 Å². The van der Waals surface area contributed by atoms with Gasteiger partial charge in [-0.25, -0.2) is 4.79 Å². The lowest BCUT2D eigenvalue weighted by molar-refractivity contribution is 0.0697. The van der Waals surface area contributed by atoms with E-state index < -0.39 is 5.97 Å². The van der Waals surface area contributed by atoms with Crippen molar-refractivity contribution in [2.45, 2.75) is 41.5 Å². The highest BCUT2D eigenvalue weighted by atomic mass is 16.4. The molecule has 3 aromatic rings. The fraction of sp³-hybridized carbons (Fsp3) is 0.240. The summed E-state index contributed by atoms with van der Waals surface area (Å²) in [6, 6.07) is 28.8.